The van der Waals surface area contributed by atoms with Crippen LogP contribution in [0.25, 0.3) is 0 Å². The van der Waals surface area contributed by atoms with Crippen LogP contribution in [0.15, 0.2) is 12.2 Å². The van der Waals surface area contributed by atoms with Gasteiger partial charge in [-0.15, -0.1) is 0 Å². The fourth-order valence-corrected chi connectivity index (χ4v) is 4.14. The quantitative estimate of drug-likeness (QED) is 0.166. The summed E-state index contributed by atoms with van der Waals surface area (Å²) < 4.78 is 10.7. The van der Waals surface area contributed by atoms with Crippen LogP contribution in [-0.2, 0) is 9.47 Å². The summed E-state index contributed by atoms with van der Waals surface area (Å²) >= 11 is 0. The van der Waals surface area contributed by atoms with Crippen LogP contribution in [0.5, 0.6) is 0 Å². The molecule has 5 heteroatoms. The zero-order valence-electron chi connectivity index (χ0n) is 20.1. The van der Waals surface area contributed by atoms with Crippen LogP contribution in [0.1, 0.15) is 110 Å². The van der Waals surface area contributed by atoms with Crippen LogP contribution in [0.2, 0.25) is 0 Å². The Labute approximate surface area is 191 Å². The maximum absolute atomic E-state index is 9.97. The molecule has 0 radical (unpaired) electrons. The Kier molecular flexibility index (Phi) is 18.6. The smallest absolute Gasteiger partial charge is 0.114 e. The maximum atomic E-state index is 9.97. The molecule has 1 rings (SSSR count). The average molecular weight is 443 g/mol. The highest BCUT2D eigenvalue weighted by Crippen LogP contribution is 2.18. The Morgan fingerprint density at radius 3 is 1.81 bits per heavy atom. The molecule has 1 saturated heterocycles. The average Bonchev–Trinajstić information content (AvgIpc) is 3.10. The summed E-state index contributed by atoms with van der Waals surface area (Å²) in [5.74, 6) is 0. The molecule has 0 aromatic heterocycles. The zero-order chi connectivity index (χ0) is 22.6. The second kappa shape index (κ2) is 20.2. The number of rotatable bonds is 21. The summed E-state index contributed by atoms with van der Waals surface area (Å²) in [5, 5.41) is 29.1. The van der Waals surface area contributed by atoms with Crippen LogP contribution < -0.4 is 0 Å². The van der Waals surface area contributed by atoms with Crippen LogP contribution in [0, 0.1) is 0 Å². The van der Waals surface area contributed by atoms with E-state index in [-0.39, 0.29) is 13.2 Å². The lowest BCUT2D eigenvalue weighted by molar-refractivity contribution is -0.0813. The van der Waals surface area contributed by atoms with E-state index in [0.717, 1.165) is 19.3 Å². The van der Waals surface area contributed by atoms with E-state index in [0.29, 0.717) is 6.61 Å². The SMILES string of the molecule is CC/C=C/CCCCCCCCCCCCCCCCOC[C@@H](O)[C@@H]1OC[C@H](O)[C@@H]1O. The van der Waals surface area contributed by atoms with Gasteiger partial charge in [-0.3, -0.25) is 0 Å². The summed E-state index contributed by atoms with van der Waals surface area (Å²) in [6.07, 6.45) is 22.0. The van der Waals surface area contributed by atoms with Gasteiger partial charge in [0.25, 0.3) is 0 Å². The van der Waals surface area contributed by atoms with Gasteiger partial charge >= 0.3 is 0 Å². The molecule has 4 atom stereocenters. The molecule has 1 fully saturated rings. The molecule has 184 valence electrons. The van der Waals surface area contributed by atoms with E-state index in [1.807, 2.05) is 0 Å². The second-order valence-electron chi connectivity index (χ2n) is 9.12. The van der Waals surface area contributed by atoms with Crippen LogP contribution in [0.3, 0.4) is 0 Å². The van der Waals surface area contributed by atoms with Crippen molar-refractivity contribution in [2.24, 2.45) is 0 Å². The monoisotopic (exact) mass is 442 g/mol. The molecular formula is C26H50O5. The van der Waals surface area contributed by atoms with Crippen molar-refractivity contribution in [2.75, 3.05) is 19.8 Å². The number of ether oxygens (including phenoxy) is 2. The van der Waals surface area contributed by atoms with Gasteiger partial charge in [0.15, 0.2) is 0 Å². The van der Waals surface area contributed by atoms with Crippen molar-refractivity contribution in [3.63, 3.8) is 0 Å². The van der Waals surface area contributed by atoms with Gasteiger partial charge in [-0.05, 0) is 25.7 Å². The number of hydrogen-bond acceptors (Lipinski definition) is 5. The van der Waals surface area contributed by atoms with Crippen LogP contribution in [0.4, 0.5) is 0 Å². The summed E-state index contributed by atoms with van der Waals surface area (Å²) in [4.78, 5) is 0. The highest BCUT2D eigenvalue weighted by Gasteiger charge is 2.39. The van der Waals surface area contributed by atoms with E-state index < -0.39 is 24.4 Å². The topological polar surface area (TPSA) is 79.2 Å². The number of allylic oxidation sites excluding steroid dienone is 2. The van der Waals surface area contributed by atoms with E-state index in [9.17, 15) is 15.3 Å². The molecule has 31 heavy (non-hydrogen) atoms. The number of hydrogen-bond donors (Lipinski definition) is 3. The van der Waals surface area contributed by atoms with Gasteiger partial charge in [0.05, 0.1) is 13.2 Å². The van der Waals surface area contributed by atoms with E-state index in [4.69, 9.17) is 9.47 Å². The van der Waals surface area contributed by atoms with Gasteiger partial charge in [-0.1, -0.05) is 96.1 Å². The van der Waals surface area contributed by atoms with Crippen molar-refractivity contribution >= 4 is 0 Å². The third-order valence-electron chi connectivity index (χ3n) is 6.17. The van der Waals surface area contributed by atoms with Crippen molar-refractivity contribution in [1.82, 2.24) is 0 Å². The molecule has 1 heterocycles. The zero-order valence-corrected chi connectivity index (χ0v) is 20.1. The minimum atomic E-state index is -1.03. The third-order valence-corrected chi connectivity index (χ3v) is 6.17. The highest BCUT2D eigenvalue weighted by atomic mass is 16.5. The van der Waals surface area contributed by atoms with Gasteiger partial charge in [-0.25, -0.2) is 0 Å². The van der Waals surface area contributed by atoms with Crippen LogP contribution in [-0.4, -0.2) is 59.6 Å². The molecule has 0 aliphatic carbocycles. The summed E-state index contributed by atoms with van der Waals surface area (Å²) in [7, 11) is 0. The maximum Gasteiger partial charge on any atom is 0.114 e. The minimum Gasteiger partial charge on any atom is -0.388 e. The largest absolute Gasteiger partial charge is 0.388 e. The molecule has 0 aromatic rings. The number of aliphatic hydroxyl groups excluding tert-OH is 3. The fraction of sp³-hybridized carbons (Fsp3) is 0.923. The number of unbranched alkanes of at least 4 members (excludes halogenated alkanes) is 14. The molecule has 3 N–H and O–H groups in total. The normalized spacial score (nSPS) is 22.5. The summed E-state index contributed by atoms with van der Waals surface area (Å²) in [5.41, 5.74) is 0. The third kappa shape index (κ3) is 15.1. The molecule has 0 bridgehead atoms. The van der Waals surface area contributed by atoms with Crippen LogP contribution >= 0.6 is 0 Å². The standard InChI is InChI=1S/C26H50O5/c1-2-3-4-5-6-7-8-9-10-11-12-13-14-15-16-17-18-19-20-30-21-24(28)26-25(29)23(27)22-31-26/h3-4,23-29H,2,5-22H2,1H3/b4-3+/t23-,24+,25-,26-/m0/s1. The van der Waals surface area contributed by atoms with E-state index in [1.54, 1.807) is 0 Å². The second-order valence-corrected chi connectivity index (χ2v) is 9.12. The molecular weight excluding hydrogens is 392 g/mol. The Morgan fingerprint density at radius 1 is 0.806 bits per heavy atom. The lowest BCUT2D eigenvalue weighted by atomic mass is 10.0. The van der Waals surface area contributed by atoms with Crippen molar-refractivity contribution in [1.29, 1.82) is 0 Å². The predicted molar refractivity (Wildman–Crippen MR) is 127 cm³/mol. The van der Waals surface area contributed by atoms with E-state index in [2.05, 4.69) is 19.1 Å². The van der Waals surface area contributed by atoms with Gasteiger partial charge < -0.3 is 24.8 Å². The first-order valence-electron chi connectivity index (χ1n) is 13.0. The van der Waals surface area contributed by atoms with Gasteiger partial charge in [-0.2, -0.15) is 0 Å². The molecule has 0 spiro atoms. The molecule has 0 saturated carbocycles. The highest BCUT2D eigenvalue weighted by molar-refractivity contribution is 4.87. The van der Waals surface area contributed by atoms with Crippen molar-refractivity contribution in [3.8, 4) is 0 Å². The predicted octanol–water partition coefficient (Wildman–Crippen LogP) is 5.30. The van der Waals surface area contributed by atoms with Gasteiger partial charge in [0.1, 0.15) is 24.4 Å². The first-order chi connectivity index (χ1) is 15.2. The molecule has 5 nitrogen and oxygen atoms in total. The van der Waals surface area contributed by atoms with Crippen molar-refractivity contribution in [3.05, 3.63) is 12.2 Å². The lowest BCUT2D eigenvalue weighted by Gasteiger charge is -2.20. The van der Waals surface area contributed by atoms with Crippen molar-refractivity contribution in [2.45, 2.75) is 134 Å². The number of aliphatic hydroxyl groups is 3. The Bertz CT molecular complexity index is 415. The molecule has 1 aliphatic heterocycles. The molecule has 1 aliphatic rings. The lowest BCUT2D eigenvalue weighted by Crippen LogP contribution is -2.40. The molecule has 0 aromatic carbocycles. The van der Waals surface area contributed by atoms with Gasteiger partial charge in [0, 0.05) is 6.61 Å². The van der Waals surface area contributed by atoms with Crippen molar-refractivity contribution < 1.29 is 24.8 Å². The minimum absolute atomic E-state index is 0.0698. The Morgan fingerprint density at radius 2 is 1.32 bits per heavy atom. The van der Waals surface area contributed by atoms with E-state index in [1.165, 1.54) is 83.5 Å². The molecule has 0 unspecified atom stereocenters. The summed E-state index contributed by atoms with van der Waals surface area (Å²) in [6, 6.07) is 0. The first kappa shape index (κ1) is 28.6. The Balaban J connectivity index is 1.73. The fourth-order valence-electron chi connectivity index (χ4n) is 4.14. The van der Waals surface area contributed by atoms with Gasteiger partial charge in [0.2, 0.25) is 0 Å². The molecule has 0 amide bonds. The Hall–Kier alpha value is -0.460. The first-order valence-corrected chi connectivity index (χ1v) is 13.0. The van der Waals surface area contributed by atoms with E-state index >= 15 is 0 Å². The summed E-state index contributed by atoms with van der Waals surface area (Å²) in [6.45, 7) is 3.03.